The summed E-state index contributed by atoms with van der Waals surface area (Å²) >= 11 is 1.70. The highest BCUT2D eigenvalue weighted by Gasteiger charge is 2.33. The number of thioether (sulfide) groups is 1. The maximum absolute atomic E-state index is 13.9. The lowest BCUT2D eigenvalue weighted by Gasteiger charge is -2.29. The zero-order valence-electron chi connectivity index (χ0n) is 28.8. The molecule has 2 aromatic carbocycles. The van der Waals surface area contributed by atoms with Crippen LogP contribution < -0.4 is 10.1 Å². The Kier molecular flexibility index (Phi) is 13.7. The van der Waals surface area contributed by atoms with E-state index >= 15 is 0 Å². The molecule has 0 saturated carbocycles. The predicted molar refractivity (Wildman–Crippen MR) is 186 cm³/mol. The first-order valence-electron chi connectivity index (χ1n) is 15.8. The summed E-state index contributed by atoms with van der Waals surface area (Å²) in [6, 6.07) is 18.9. The van der Waals surface area contributed by atoms with Gasteiger partial charge in [0.2, 0.25) is 0 Å². The highest BCUT2D eigenvalue weighted by molar-refractivity contribution is 7.99. The molecule has 0 fully saturated rings. The van der Waals surface area contributed by atoms with Crippen LogP contribution in [0.25, 0.3) is 0 Å². The Labute approximate surface area is 283 Å². The van der Waals surface area contributed by atoms with Crippen molar-refractivity contribution >= 4 is 35.6 Å². The van der Waals surface area contributed by atoms with Gasteiger partial charge < -0.3 is 18.9 Å². The number of nitrogens with zero attached hydrogens (tertiary/aromatic N) is 1. The van der Waals surface area contributed by atoms with Crippen molar-refractivity contribution in [1.82, 2.24) is 4.98 Å². The fourth-order valence-electron chi connectivity index (χ4n) is 4.73. The molecule has 3 rings (SSSR count). The fraction of sp³-hybridized carbons (Fsp3) is 0.459. The average molecular weight is 665 g/mol. The van der Waals surface area contributed by atoms with Gasteiger partial charge in [0.15, 0.2) is 0 Å². The molecule has 0 spiro atoms. The zero-order valence-corrected chi connectivity index (χ0v) is 29.6. The Morgan fingerprint density at radius 1 is 0.872 bits per heavy atom. The predicted octanol–water partition coefficient (Wildman–Crippen LogP) is 8.05. The SMILES string of the molecule is CCOC(=O)c1cccc(CCC(SCc2ccc(OC)cc2)C(Cc2ccc(NC(=O)OC(C)(C)C)nc2)C(=O)OC(C)(C)C)c1. The quantitative estimate of drug-likeness (QED) is 0.135. The van der Waals surface area contributed by atoms with E-state index in [2.05, 4.69) is 10.3 Å². The lowest BCUT2D eigenvalue weighted by molar-refractivity contribution is -0.160. The van der Waals surface area contributed by atoms with Crippen LogP contribution in [0.3, 0.4) is 0 Å². The van der Waals surface area contributed by atoms with E-state index in [4.69, 9.17) is 18.9 Å². The number of pyridine rings is 1. The first-order chi connectivity index (χ1) is 22.2. The number of hydrogen-bond acceptors (Lipinski definition) is 9. The van der Waals surface area contributed by atoms with Gasteiger partial charge >= 0.3 is 18.0 Å². The van der Waals surface area contributed by atoms with Crippen LogP contribution in [-0.4, -0.2) is 53.2 Å². The van der Waals surface area contributed by atoms with Crippen LogP contribution in [0, 0.1) is 5.92 Å². The van der Waals surface area contributed by atoms with Crippen LogP contribution in [0.2, 0.25) is 0 Å². The van der Waals surface area contributed by atoms with Crippen LogP contribution >= 0.6 is 11.8 Å². The Balaban J connectivity index is 1.88. The molecule has 1 N–H and O–H groups in total. The molecule has 0 aliphatic heterocycles. The summed E-state index contributed by atoms with van der Waals surface area (Å²) in [7, 11) is 1.64. The van der Waals surface area contributed by atoms with E-state index in [-0.39, 0.29) is 17.2 Å². The van der Waals surface area contributed by atoms with Gasteiger partial charge in [-0.3, -0.25) is 10.1 Å². The number of hydrogen-bond donors (Lipinski definition) is 1. The van der Waals surface area contributed by atoms with Crippen molar-refractivity contribution in [3.63, 3.8) is 0 Å². The molecule has 254 valence electrons. The van der Waals surface area contributed by atoms with Gasteiger partial charge in [-0.05, 0) is 115 Å². The molecule has 1 heterocycles. The topological polar surface area (TPSA) is 113 Å². The van der Waals surface area contributed by atoms with Gasteiger partial charge in [-0.15, -0.1) is 0 Å². The van der Waals surface area contributed by atoms with Crippen LogP contribution in [0.5, 0.6) is 5.75 Å². The number of methoxy groups -OCH3 is 1. The number of benzene rings is 2. The van der Waals surface area contributed by atoms with E-state index in [1.54, 1.807) is 64.9 Å². The van der Waals surface area contributed by atoms with E-state index in [9.17, 15) is 14.4 Å². The van der Waals surface area contributed by atoms with Gasteiger partial charge in [0.1, 0.15) is 22.8 Å². The molecule has 0 saturated heterocycles. The first-order valence-corrected chi connectivity index (χ1v) is 16.9. The molecule has 9 nitrogen and oxygen atoms in total. The van der Waals surface area contributed by atoms with Crippen molar-refractivity contribution in [3.05, 3.63) is 89.1 Å². The lowest BCUT2D eigenvalue weighted by Crippen LogP contribution is -2.35. The van der Waals surface area contributed by atoms with Gasteiger partial charge in [-0.25, -0.2) is 14.6 Å². The van der Waals surface area contributed by atoms with E-state index in [0.29, 0.717) is 43.0 Å². The van der Waals surface area contributed by atoms with Crippen molar-refractivity contribution in [3.8, 4) is 5.75 Å². The van der Waals surface area contributed by atoms with Crippen LogP contribution in [0.4, 0.5) is 10.6 Å². The van der Waals surface area contributed by atoms with E-state index < -0.39 is 23.2 Å². The summed E-state index contributed by atoms with van der Waals surface area (Å²) in [5.41, 5.74) is 2.11. The lowest BCUT2D eigenvalue weighted by atomic mass is 9.92. The van der Waals surface area contributed by atoms with E-state index in [0.717, 1.165) is 22.4 Å². The summed E-state index contributed by atoms with van der Waals surface area (Å²) in [6.07, 6.45) is 2.76. The normalized spacial score (nSPS) is 12.9. The largest absolute Gasteiger partial charge is 0.497 e. The van der Waals surface area contributed by atoms with Crippen molar-refractivity contribution in [2.45, 2.75) is 89.9 Å². The molecule has 10 heteroatoms. The number of anilines is 1. The molecule has 1 amide bonds. The second-order valence-corrected chi connectivity index (χ2v) is 14.4. The minimum atomic E-state index is -0.673. The molecule has 47 heavy (non-hydrogen) atoms. The second-order valence-electron chi connectivity index (χ2n) is 13.2. The van der Waals surface area contributed by atoms with Crippen molar-refractivity contribution in [2.24, 2.45) is 5.92 Å². The molecular weight excluding hydrogens is 616 g/mol. The van der Waals surface area contributed by atoms with E-state index in [1.165, 1.54) is 0 Å². The number of carbonyl (C=O) groups excluding carboxylic acids is 3. The van der Waals surface area contributed by atoms with Crippen molar-refractivity contribution in [1.29, 1.82) is 0 Å². The Bertz CT molecular complexity index is 1460. The highest BCUT2D eigenvalue weighted by Crippen LogP contribution is 2.33. The minimum Gasteiger partial charge on any atom is -0.497 e. The third kappa shape index (κ3) is 13.3. The number of rotatable bonds is 14. The third-order valence-electron chi connectivity index (χ3n) is 6.85. The summed E-state index contributed by atoms with van der Waals surface area (Å²) in [5.74, 6) is 0.652. The summed E-state index contributed by atoms with van der Waals surface area (Å²) in [6.45, 7) is 13.0. The van der Waals surface area contributed by atoms with Crippen molar-refractivity contribution in [2.75, 3.05) is 19.0 Å². The molecule has 2 atom stereocenters. The molecule has 0 bridgehead atoms. The van der Waals surface area contributed by atoms with E-state index in [1.807, 2.05) is 69.3 Å². The molecule has 3 aromatic rings. The smallest absolute Gasteiger partial charge is 0.413 e. The van der Waals surface area contributed by atoms with Crippen LogP contribution in [0.15, 0.2) is 66.9 Å². The summed E-state index contributed by atoms with van der Waals surface area (Å²) < 4.78 is 21.8. The maximum Gasteiger partial charge on any atom is 0.413 e. The molecule has 1 aromatic heterocycles. The summed E-state index contributed by atoms with van der Waals surface area (Å²) in [4.78, 5) is 42.9. The molecule has 0 radical (unpaired) electrons. The standard InChI is InChI=1S/C37H48N2O7S/c1-9-44-33(40)28-12-10-11-25(21-28)15-19-31(47-24-26-13-17-29(43-8)18-14-26)30(34(41)45-36(2,3)4)22-27-16-20-32(38-23-27)39-35(42)46-37(5,6)7/h10-14,16-18,20-21,23,30-31H,9,15,19,22,24H2,1-8H3,(H,38,39,42). The number of aromatic nitrogens is 1. The Hall–Kier alpha value is -4.05. The van der Waals surface area contributed by atoms with Crippen molar-refractivity contribution < 1.29 is 33.3 Å². The number of amides is 1. The Morgan fingerprint density at radius 2 is 1.55 bits per heavy atom. The highest BCUT2D eigenvalue weighted by atomic mass is 32.2. The van der Waals surface area contributed by atoms with Crippen LogP contribution in [0.1, 0.15) is 81.9 Å². The van der Waals surface area contributed by atoms with Crippen LogP contribution in [-0.2, 0) is 37.6 Å². The number of aryl methyl sites for hydroxylation is 1. The maximum atomic E-state index is 13.9. The number of nitrogens with one attached hydrogen (secondary N) is 1. The molecule has 0 aliphatic carbocycles. The van der Waals surface area contributed by atoms with Gasteiger partial charge in [0.05, 0.1) is 25.2 Å². The fourth-order valence-corrected chi connectivity index (χ4v) is 6.05. The average Bonchev–Trinajstić information content (AvgIpc) is 2.99. The molecular formula is C37H48N2O7S. The first kappa shape index (κ1) is 37.4. The van der Waals surface area contributed by atoms with Gasteiger partial charge in [-0.2, -0.15) is 11.8 Å². The molecule has 2 unspecified atom stereocenters. The monoisotopic (exact) mass is 664 g/mol. The van der Waals surface area contributed by atoms with Gasteiger partial charge in [0.25, 0.3) is 0 Å². The zero-order chi connectivity index (χ0) is 34.6. The van der Waals surface area contributed by atoms with Gasteiger partial charge in [-0.1, -0.05) is 30.3 Å². The molecule has 0 aliphatic rings. The Morgan fingerprint density at radius 3 is 2.15 bits per heavy atom. The second kappa shape index (κ2) is 17.2. The summed E-state index contributed by atoms with van der Waals surface area (Å²) in [5, 5.41) is 2.51. The number of esters is 2. The number of carbonyl (C=O) groups is 3. The minimum absolute atomic E-state index is 0.141. The van der Waals surface area contributed by atoms with Gasteiger partial charge in [0, 0.05) is 17.2 Å². The number of ether oxygens (including phenoxy) is 4. The third-order valence-corrected chi connectivity index (χ3v) is 8.34.